The van der Waals surface area contributed by atoms with Crippen LogP contribution in [-0.2, 0) is 13.1 Å². The summed E-state index contributed by atoms with van der Waals surface area (Å²) in [5.41, 5.74) is 4.67. The van der Waals surface area contributed by atoms with E-state index in [1.807, 2.05) is 0 Å². The normalized spacial score (nSPS) is 17.5. The van der Waals surface area contributed by atoms with Gasteiger partial charge >= 0.3 is 0 Å². The van der Waals surface area contributed by atoms with Crippen molar-refractivity contribution in [3.8, 4) is 11.4 Å². The lowest BCUT2D eigenvalue weighted by Crippen LogP contribution is -2.24. The van der Waals surface area contributed by atoms with Gasteiger partial charge in [-0.3, -0.25) is 14.7 Å². The minimum Gasteiger partial charge on any atom is -0.350 e. The van der Waals surface area contributed by atoms with Gasteiger partial charge in [-0.05, 0) is 31.5 Å². The first-order chi connectivity index (χ1) is 12.8. The first kappa shape index (κ1) is 15.5. The van der Waals surface area contributed by atoms with Gasteiger partial charge in [-0.15, -0.1) is 0 Å². The van der Waals surface area contributed by atoms with Gasteiger partial charge in [0.2, 0.25) is 0 Å². The van der Waals surface area contributed by atoms with Gasteiger partial charge in [0.25, 0.3) is 5.91 Å². The van der Waals surface area contributed by atoms with E-state index in [9.17, 15) is 4.79 Å². The highest BCUT2D eigenvalue weighted by molar-refractivity contribution is 6.05. The van der Waals surface area contributed by atoms with E-state index in [4.69, 9.17) is 4.98 Å². The Balaban J connectivity index is 1.53. The van der Waals surface area contributed by atoms with Crippen molar-refractivity contribution >= 4 is 16.9 Å². The molecule has 0 bridgehead atoms. The summed E-state index contributed by atoms with van der Waals surface area (Å²) in [5, 5.41) is 2.93. The largest absolute Gasteiger partial charge is 0.350 e. The second kappa shape index (κ2) is 6.21. The number of pyridine rings is 1. The molecule has 6 nitrogen and oxygen atoms in total. The monoisotopic (exact) mass is 347 g/mol. The maximum atomic E-state index is 12.3. The molecule has 0 unspecified atom stereocenters. The van der Waals surface area contributed by atoms with Crippen molar-refractivity contribution in [1.82, 2.24) is 24.8 Å². The van der Waals surface area contributed by atoms with Crippen molar-refractivity contribution < 1.29 is 4.79 Å². The molecule has 0 saturated carbocycles. The van der Waals surface area contributed by atoms with Gasteiger partial charge in [0.1, 0.15) is 11.3 Å². The summed E-state index contributed by atoms with van der Waals surface area (Å²) in [6.45, 7) is 4.73. The van der Waals surface area contributed by atoms with E-state index >= 15 is 0 Å². The molecule has 6 heteroatoms. The van der Waals surface area contributed by atoms with E-state index in [2.05, 4.69) is 44.0 Å². The number of hydrogen-bond acceptors (Lipinski definition) is 4. The zero-order valence-electron chi connectivity index (χ0n) is 14.6. The molecule has 0 radical (unpaired) electrons. The molecule has 3 aromatic rings. The molecule has 4 heterocycles. The quantitative estimate of drug-likeness (QED) is 0.790. The van der Waals surface area contributed by atoms with Crippen molar-refractivity contribution in [3.63, 3.8) is 0 Å². The predicted octanol–water partition coefficient (Wildman–Crippen LogP) is 2.44. The van der Waals surface area contributed by atoms with E-state index in [1.165, 1.54) is 31.5 Å². The van der Waals surface area contributed by atoms with Crippen LogP contribution in [-0.4, -0.2) is 45.0 Å². The van der Waals surface area contributed by atoms with E-state index in [1.54, 1.807) is 12.4 Å². The van der Waals surface area contributed by atoms with Crippen molar-refractivity contribution in [1.29, 1.82) is 0 Å². The summed E-state index contributed by atoms with van der Waals surface area (Å²) in [7, 11) is 0. The van der Waals surface area contributed by atoms with Gasteiger partial charge in [-0.2, -0.15) is 0 Å². The Kier molecular flexibility index (Phi) is 3.71. The molecule has 26 heavy (non-hydrogen) atoms. The Labute approximate surface area is 151 Å². The van der Waals surface area contributed by atoms with Crippen LogP contribution in [0, 0.1) is 0 Å². The second-order valence-corrected chi connectivity index (χ2v) is 7.08. The Morgan fingerprint density at radius 1 is 1.04 bits per heavy atom. The number of likely N-dealkylation sites (tertiary alicyclic amines) is 1. The summed E-state index contributed by atoms with van der Waals surface area (Å²) in [5.74, 6) is 0.827. The zero-order chi connectivity index (χ0) is 17.5. The second-order valence-electron chi connectivity index (χ2n) is 7.08. The lowest BCUT2D eigenvalue weighted by Gasteiger charge is -2.14. The van der Waals surface area contributed by atoms with Crippen LogP contribution < -0.4 is 5.32 Å². The number of hydrogen-bond donors (Lipinski definition) is 1. The fraction of sp³-hybridized carbons (Fsp3) is 0.350. The number of nitrogens with one attached hydrogen (secondary N) is 1. The van der Waals surface area contributed by atoms with E-state index in [0.717, 1.165) is 29.0 Å². The number of aromatic nitrogens is 3. The van der Waals surface area contributed by atoms with Gasteiger partial charge < -0.3 is 9.88 Å². The van der Waals surface area contributed by atoms with Crippen LogP contribution in [0.15, 0.2) is 36.7 Å². The van der Waals surface area contributed by atoms with Crippen molar-refractivity contribution in [2.24, 2.45) is 0 Å². The fourth-order valence-corrected chi connectivity index (χ4v) is 4.03. The highest BCUT2D eigenvalue weighted by Crippen LogP contribution is 2.28. The molecule has 0 spiro atoms. The molecule has 0 atom stereocenters. The van der Waals surface area contributed by atoms with Crippen LogP contribution in [0.25, 0.3) is 22.4 Å². The molecule has 2 aromatic heterocycles. The number of benzene rings is 1. The number of imidazole rings is 1. The summed E-state index contributed by atoms with van der Waals surface area (Å²) < 4.78 is 2.14. The molecule has 5 rings (SSSR count). The van der Waals surface area contributed by atoms with Gasteiger partial charge in [0.05, 0.1) is 17.3 Å². The summed E-state index contributed by atoms with van der Waals surface area (Å²) in [6, 6.07) is 8.67. The van der Waals surface area contributed by atoms with E-state index in [-0.39, 0.29) is 5.91 Å². The average molecular weight is 347 g/mol. The highest BCUT2D eigenvalue weighted by Gasteiger charge is 2.22. The topological polar surface area (TPSA) is 63.1 Å². The molecule has 0 aliphatic carbocycles. The van der Waals surface area contributed by atoms with E-state index in [0.29, 0.717) is 18.7 Å². The Morgan fingerprint density at radius 2 is 1.85 bits per heavy atom. The Morgan fingerprint density at radius 3 is 2.65 bits per heavy atom. The van der Waals surface area contributed by atoms with Gasteiger partial charge in [0, 0.05) is 31.4 Å². The lowest BCUT2D eigenvalue weighted by atomic mass is 10.1. The van der Waals surface area contributed by atoms with Crippen molar-refractivity contribution in [2.45, 2.75) is 25.9 Å². The molecule has 2 aliphatic heterocycles. The van der Waals surface area contributed by atoms with Gasteiger partial charge in [0.15, 0.2) is 0 Å². The first-order valence-corrected chi connectivity index (χ1v) is 9.24. The van der Waals surface area contributed by atoms with Gasteiger partial charge in [-0.25, -0.2) is 4.98 Å². The van der Waals surface area contributed by atoms with E-state index < -0.39 is 0 Å². The molecular weight excluding hydrogens is 326 g/mol. The van der Waals surface area contributed by atoms with Crippen LogP contribution in [0.1, 0.15) is 28.8 Å². The smallest absolute Gasteiger partial charge is 0.255 e. The lowest BCUT2D eigenvalue weighted by molar-refractivity contribution is 0.0956. The number of rotatable bonds is 3. The predicted molar refractivity (Wildman–Crippen MR) is 99.8 cm³/mol. The minimum atomic E-state index is -0.0748. The number of amides is 1. The molecule has 1 saturated heterocycles. The summed E-state index contributed by atoms with van der Waals surface area (Å²) >= 11 is 0. The van der Waals surface area contributed by atoms with Gasteiger partial charge in [-0.1, -0.05) is 24.3 Å². The molecule has 2 aliphatic rings. The van der Waals surface area contributed by atoms with Crippen molar-refractivity contribution in [2.75, 3.05) is 19.6 Å². The Hall–Kier alpha value is -2.73. The van der Waals surface area contributed by atoms with Crippen LogP contribution in [0.2, 0.25) is 0 Å². The third-order valence-electron chi connectivity index (χ3n) is 5.33. The van der Waals surface area contributed by atoms with Crippen molar-refractivity contribution in [3.05, 3.63) is 47.8 Å². The van der Waals surface area contributed by atoms with Crippen LogP contribution in [0.5, 0.6) is 0 Å². The zero-order valence-corrected chi connectivity index (χ0v) is 14.6. The molecule has 132 valence electrons. The third-order valence-corrected chi connectivity index (χ3v) is 5.33. The Bertz CT molecular complexity index is 970. The number of carbonyl (C=O) groups excluding carboxylic acids is 1. The molecule has 1 fully saturated rings. The first-order valence-electron chi connectivity index (χ1n) is 9.24. The maximum Gasteiger partial charge on any atom is 0.255 e. The number of carbonyl (C=O) groups is 1. The average Bonchev–Trinajstić information content (AvgIpc) is 3.26. The minimum absolute atomic E-state index is 0.0748. The SMILES string of the molecule is O=C1NCCn2c(-c3ccc(CN4CCCC4)cc3)nc3cncc1c32. The third kappa shape index (κ3) is 2.57. The fourth-order valence-electron chi connectivity index (χ4n) is 4.03. The summed E-state index contributed by atoms with van der Waals surface area (Å²) in [6.07, 6.45) is 5.99. The molecule has 1 amide bonds. The maximum absolute atomic E-state index is 12.3. The molecule has 1 aromatic carbocycles. The molecule has 1 N–H and O–H groups in total. The standard InChI is InChI=1S/C20H21N5O/c26-20-16-11-21-12-17-18(16)25(10-7-22-20)19(23-17)15-5-3-14(4-6-15)13-24-8-1-2-9-24/h3-6,11-12H,1-2,7-10,13H2,(H,22,26). The highest BCUT2D eigenvalue weighted by atomic mass is 16.1. The van der Waals surface area contributed by atoms with Crippen LogP contribution in [0.4, 0.5) is 0 Å². The molecular formula is C20H21N5O. The van der Waals surface area contributed by atoms with Crippen LogP contribution in [0.3, 0.4) is 0 Å². The van der Waals surface area contributed by atoms with Crippen LogP contribution >= 0.6 is 0 Å². The number of nitrogens with zero attached hydrogens (tertiary/aromatic N) is 4. The summed E-state index contributed by atoms with van der Waals surface area (Å²) in [4.78, 5) is 23.7.